The average Bonchev–Trinajstić information content (AvgIpc) is 2.16. The highest BCUT2D eigenvalue weighted by molar-refractivity contribution is 5.78. The van der Waals surface area contributed by atoms with Crippen molar-refractivity contribution in [2.24, 2.45) is 0 Å². The molecule has 16 heavy (non-hydrogen) atoms. The lowest BCUT2D eigenvalue weighted by atomic mass is 10.1. The highest BCUT2D eigenvalue weighted by Gasteiger charge is 2.04. The van der Waals surface area contributed by atoms with Crippen LogP contribution in [0.1, 0.15) is 18.9 Å². The third kappa shape index (κ3) is 4.89. The Morgan fingerprint density at radius 2 is 2.31 bits per heavy atom. The second kappa shape index (κ2) is 6.23. The summed E-state index contributed by atoms with van der Waals surface area (Å²) in [5, 5.41) is 11.7. The lowest BCUT2D eigenvalue weighted by Gasteiger charge is -2.06. The number of carbonyl (C=O) groups excluding carboxylic acids is 1. The molecule has 0 heterocycles. The van der Waals surface area contributed by atoms with Gasteiger partial charge >= 0.3 is 0 Å². The van der Waals surface area contributed by atoms with Crippen molar-refractivity contribution in [1.29, 1.82) is 0 Å². The molecule has 0 aliphatic carbocycles. The zero-order chi connectivity index (χ0) is 12.0. The molecule has 1 rings (SSSR count). The van der Waals surface area contributed by atoms with E-state index in [0.29, 0.717) is 18.5 Å². The summed E-state index contributed by atoms with van der Waals surface area (Å²) >= 11 is 0. The van der Waals surface area contributed by atoms with E-state index in [1.165, 1.54) is 12.1 Å². The summed E-state index contributed by atoms with van der Waals surface area (Å²) in [6.45, 7) is 2.10. The second-order valence-corrected chi connectivity index (χ2v) is 3.79. The Labute approximate surface area is 94.3 Å². The summed E-state index contributed by atoms with van der Waals surface area (Å²) in [6, 6.07) is 5.97. The molecule has 1 aromatic rings. The summed E-state index contributed by atoms with van der Waals surface area (Å²) in [7, 11) is 0. The molecule has 3 nitrogen and oxygen atoms in total. The highest BCUT2D eigenvalue weighted by Crippen LogP contribution is 2.04. The molecule has 0 spiro atoms. The normalized spacial score (nSPS) is 12.2. The van der Waals surface area contributed by atoms with Crippen molar-refractivity contribution < 1.29 is 14.3 Å². The largest absolute Gasteiger partial charge is 0.393 e. The number of nitrogens with one attached hydrogen (secondary N) is 1. The maximum Gasteiger partial charge on any atom is 0.224 e. The van der Waals surface area contributed by atoms with Crippen LogP contribution in [-0.4, -0.2) is 23.7 Å². The zero-order valence-electron chi connectivity index (χ0n) is 9.24. The summed E-state index contributed by atoms with van der Waals surface area (Å²) < 4.78 is 12.8. The fourth-order valence-corrected chi connectivity index (χ4v) is 1.32. The van der Waals surface area contributed by atoms with Gasteiger partial charge in [0.2, 0.25) is 5.91 Å². The van der Waals surface area contributed by atoms with Gasteiger partial charge in [-0.25, -0.2) is 4.39 Å². The van der Waals surface area contributed by atoms with Crippen LogP contribution in [0.4, 0.5) is 4.39 Å². The van der Waals surface area contributed by atoms with E-state index in [1.54, 1.807) is 19.1 Å². The summed E-state index contributed by atoms with van der Waals surface area (Å²) in [4.78, 5) is 11.4. The monoisotopic (exact) mass is 225 g/mol. The van der Waals surface area contributed by atoms with Crippen molar-refractivity contribution in [3.63, 3.8) is 0 Å². The molecule has 0 saturated heterocycles. The minimum absolute atomic E-state index is 0.161. The van der Waals surface area contributed by atoms with Gasteiger partial charge in [-0.05, 0) is 31.0 Å². The van der Waals surface area contributed by atoms with Gasteiger partial charge in [0.25, 0.3) is 0 Å². The number of rotatable bonds is 5. The van der Waals surface area contributed by atoms with Gasteiger partial charge in [-0.2, -0.15) is 0 Å². The fourth-order valence-electron chi connectivity index (χ4n) is 1.32. The maximum atomic E-state index is 12.8. The van der Waals surface area contributed by atoms with Crippen LogP contribution < -0.4 is 5.32 Å². The van der Waals surface area contributed by atoms with Crippen LogP contribution in [0.15, 0.2) is 24.3 Å². The summed E-state index contributed by atoms with van der Waals surface area (Å²) in [6.07, 6.45) is 0.265. The third-order valence-corrected chi connectivity index (χ3v) is 2.14. The molecule has 0 fully saturated rings. The Morgan fingerprint density at radius 1 is 1.56 bits per heavy atom. The average molecular weight is 225 g/mol. The fraction of sp³-hybridized carbons (Fsp3) is 0.417. The van der Waals surface area contributed by atoms with Crippen LogP contribution in [0.25, 0.3) is 0 Å². The van der Waals surface area contributed by atoms with Gasteiger partial charge in [0, 0.05) is 6.54 Å². The van der Waals surface area contributed by atoms with Crippen molar-refractivity contribution in [2.45, 2.75) is 25.9 Å². The number of aliphatic hydroxyl groups is 1. The molecule has 0 bridgehead atoms. The van der Waals surface area contributed by atoms with Crippen LogP contribution in [-0.2, 0) is 11.2 Å². The van der Waals surface area contributed by atoms with Crippen molar-refractivity contribution >= 4 is 5.91 Å². The SMILES string of the molecule is CC(O)CCNC(=O)Cc1cccc(F)c1. The van der Waals surface area contributed by atoms with Crippen LogP contribution in [0, 0.1) is 5.82 Å². The zero-order valence-corrected chi connectivity index (χ0v) is 9.24. The highest BCUT2D eigenvalue weighted by atomic mass is 19.1. The van der Waals surface area contributed by atoms with E-state index in [-0.39, 0.29) is 18.1 Å². The molecule has 0 aliphatic heterocycles. The van der Waals surface area contributed by atoms with Gasteiger partial charge in [-0.1, -0.05) is 12.1 Å². The van der Waals surface area contributed by atoms with E-state index in [0.717, 1.165) is 0 Å². The van der Waals surface area contributed by atoms with E-state index in [1.807, 2.05) is 0 Å². The smallest absolute Gasteiger partial charge is 0.224 e. The molecule has 0 aromatic heterocycles. The van der Waals surface area contributed by atoms with E-state index >= 15 is 0 Å². The second-order valence-electron chi connectivity index (χ2n) is 3.79. The molecular weight excluding hydrogens is 209 g/mol. The summed E-state index contributed by atoms with van der Waals surface area (Å²) in [5.41, 5.74) is 0.648. The molecule has 0 radical (unpaired) electrons. The Morgan fingerprint density at radius 3 is 2.94 bits per heavy atom. The van der Waals surface area contributed by atoms with Gasteiger partial charge in [-0.15, -0.1) is 0 Å². The van der Waals surface area contributed by atoms with Crippen LogP contribution in [0.3, 0.4) is 0 Å². The molecule has 1 aromatic carbocycles. The van der Waals surface area contributed by atoms with Crippen molar-refractivity contribution in [2.75, 3.05) is 6.54 Å². The number of hydrogen-bond donors (Lipinski definition) is 2. The molecular formula is C12H16FNO2. The number of hydrogen-bond acceptors (Lipinski definition) is 2. The predicted octanol–water partition coefficient (Wildman–Crippen LogP) is 1.26. The predicted molar refractivity (Wildman–Crippen MR) is 59.4 cm³/mol. The third-order valence-electron chi connectivity index (χ3n) is 2.14. The first-order valence-corrected chi connectivity index (χ1v) is 5.27. The Kier molecular flexibility index (Phi) is 4.92. The summed E-state index contributed by atoms with van der Waals surface area (Å²) in [5.74, 6) is -0.500. The lowest BCUT2D eigenvalue weighted by molar-refractivity contribution is -0.120. The minimum Gasteiger partial charge on any atom is -0.393 e. The van der Waals surface area contributed by atoms with Crippen LogP contribution in [0.5, 0.6) is 0 Å². The molecule has 1 atom stereocenters. The van der Waals surface area contributed by atoms with Crippen LogP contribution >= 0.6 is 0 Å². The molecule has 1 unspecified atom stereocenters. The van der Waals surface area contributed by atoms with Crippen molar-refractivity contribution in [3.8, 4) is 0 Å². The van der Waals surface area contributed by atoms with Gasteiger partial charge < -0.3 is 10.4 Å². The van der Waals surface area contributed by atoms with E-state index in [9.17, 15) is 9.18 Å². The van der Waals surface area contributed by atoms with Crippen molar-refractivity contribution in [3.05, 3.63) is 35.6 Å². The first-order valence-electron chi connectivity index (χ1n) is 5.27. The Balaban J connectivity index is 2.34. The van der Waals surface area contributed by atoms with Crippen LogP contribution in [0.2, 0.25) is 0 Å². The van der Waals surface area contributed by atoms with E-state index in [4.69, 9.17) is 5.11 Å². The first kappa shape index (κ1) is 12.6. The number of carbonyl (C=O) groups is 1. The first-order chi connectivity index (χ1) is 7.58. The molecule has 1 amide bonds. The Bertz CT molecular complexity index is 353. The van der Waals surface area contributed by atoms with Crippen molar-refractivity contribution in [1.82, 2.24) is 5.32 Å². The maximum absolute atomic E-state index is 12.8. The van der Waals surface area contributed by atoms with Gasteiger partial charge in [-0.3, -0.25) is 4.79 Å². The standard InChI is InChI=1S/C12H16FNO2/c1-9(15)5-6-14-12(16)8-10-3-2-4-11(13)7-10/h2-4,7,9,15H,5-6,8H2,1H3,(H,14,16). The number of halogens is 1. The molecule has 2 N–H and O–H groups in total. The quantitative estimate of drug-likeness (QED) is 0.792. The van der Waals surface area contributed by atoms with Gasteiger partial charge in [0.1, 0.15) is 5.82 Å². The molecule has 88 valence electrons. The number of amides is 1. The lowest BCUT2D eigenvalue weighted by Crippen LogP contribution is -2.27. The molecule has 0 aliphatic rings. The van der Waals surface area contributed by atoms with Gasteiger partial charge in [0.05, 0.1) is 12.5 Å². The van der Waals surface area contributed by atoms with E-state index in [2.05, 4.69) is 5.32 Å². The number of aliphatic hydroxyl groups excluding tert-OH is 1. The van der Waals surface area contributed by atoms with Gasteiger partial charge in [0.15, 0.2) is 0 Å². The van der Waals surface area contributed by atoms with E-state index < -0.39 is 6.10 Å². The molecule has 0 saturated carbocycles. The topological polar surface area (TPSA) is 49.3 Å². The molecule has 4 heteroatoms. The Hall–Kier alpha value is -1.42. The number of benzene rings is 1. The minimum atomic E-state index is -0.422.